The first-order chi connectivity index (χ1) is 12.3. The number of hydrogen-bond donors (Lipinski definition) is 2. The quantitative estimate of drug-likeness (QED) is 0.394. The number of hydrogen-bond acceptors (Lipinski definition) is 3. The lowest BCUT2D eigenvalue weighted by Gasteiger charge is -2.11. The normalized spacial score (nSPS) is 11.4. The molecule has 0 atom stereocenters. The van der Waals surface area contributed by atoms with Crippen molar-refractivity contribution in [1.82, 2.24) is 20.4 Å². The Morgan fingerprint density at radius 3 is 2.80 bits per heavy atom. The second-order valence-electron chi connectivity index (χ2n) is 5.47. The largest absolute Gasteiger partial charge is 0.494 e. The van der Waals surface area contributed by atoms with Crippen LogP contribution in [0.1, 0.15) is 19.8 Å². The van der Waals surface area contributed by atoms with E-state index in [4.69, 9.17) is 4.74 Å². The Bertz CT molecular complexity index is 613. The van der Waals surface area contributed by atoms with E-state index in [0.717, 1.165) is 38.4 Å². The van der Waals surface area contributed by atoms with Gasteiger partial charge in [-0.25, -0.2) is 4.39 Å². The predicted molar refractivity (Wildman–Crippen MR) is 97.3 cm³/mol. The number of aliphatic imine (C=N–C) groups is 1. The van der Waals surface area contributed by atoms with Gasteiger partial charge in [-0.2, -0.15) is 5.10 Å². The summed E-state index contributed by atoms with van der Waals surface area (Å²) in [5.74, 6) is 1.23. The summed E-state index contributed by atoms with van der Waals surface area (Å²) < 4.78 is 20.3. The third-order valence-electron chi connectivity index (χ3n) is 3.41. The van der Waals surface area contributed by atoms with Gasteiger partial charge in [0, 0.05) is 45.0 Å². The van der Waals surface area contributed by atoms with E-state index in [9.17, 15) is 4.39 Å². The lowest BCUT2D eigenvalue weighted by Crippen LogP contribution is -2.38. The standard InChI is InChI=1S/C18H26FN5O/c1-2-20-18(21-10-3-13-24-14-4-12-23-24)22-11-5-15-25-17-8-6-16(19)7-9-17/h4,6-9,12,14H,2-3,5,10-11,13,15H2,1H3,(H2,20,21,22). The monoisotopic (exact) mass is 347 g/mol. The molecular formula is C18H26FN5O. The molecule has 2 N–H and O–H groups in total. The van der Waals surface area contributed by atoms with E-state index in [2.05, 4.69) is 20.7 Å². The van der Waals surface area contributed by atoms with Crippen LogP contribution < -0.4 is 15.4 Å². The van der Waals surface area contributed by atoms with Gasteiger partial charge in [0.15, 0.2) is 5.96 Å². The van der Waals surface area contributed by atoms with Crippen LogP contribution in [-0.2, 0) is 6.54 Å². The van der Waals surface area contributed by atoms with Crippen LogP contribution in [0.2, 0.25) is 0 Å². The third kappa shape index (κ3) is 7.69. The molecule has 6 nitrogen and oxygen atoms in total. The minimum Gasteiger partial charge on any atom is -0.494 e. The van der Waals surface area contributed by atoms with E-state index in [1.807, 2.05) is 23.9 Å². The Balaban J connectivity index is 1.61. The molecule has 2 aromatic rings. The fourth-order valence-corrected chi connectivity index (χ4v) is 2.20. The SMILES string of the molecule is CCNC(=NCCCOc1ccc(F)cc1)NCCCn1cccn1. The second kappa shape index (κ2) is 11.1. The Hall–Kier alpha value is -2.57. The van der Waals surface area contributed by atoms with Crippen molar-refractivity contribution >= 4 is 5.96 Å². The molecule has 1 aromatic heterocycles. The summed E-state index contributed by atoms with van der Waals surface area (Å²) in [5, 5.41) is 10.7. The zero-order valence-corrected chi connectivity index (χ0v) is 14.6. The summed E-state index contributed by atoms with van der Waals surface area (Å²) >= 11 is 0. The van der Waals surface area contributed by atoms with Crippen molar-refractivity contribution in [3.8, 4) is 5.75 Å². The van der Waals surface area contributed by atoms with Gasteiger partial charge >= 0.3 is 0 Å². The van der Waals surface area contributed by atoms with Crippen LogP contribution in [0.3, 0.4) is 0 Å². The lowest BCUT2D eigenvalue weighted by atomic mass is 10.3. The first-order valence-corrected chi connectivity index (χ1v) is 8.66. The molecule has 25 heavy (non-hydrogen) atoms. The number of aromatic nitrogens is 2. The van der Waals surface area contributed by atoms with Gasteiger partial charge < -0.3 is 15.4 Å². The minimum absolute atomic E-state index is 0.258. The van der Waals surface area contributed by atoms with Crippen LogP contribution in [0.25, 0.3) is 0 Å². The Morgan fingerprint density at radius 2 is 2.08 bits per heavy atom. The summed E-state index contributed by atoms with van der Waals surface area (Å²) in [5.41, 5.74) is 0. The van der Waals surface area contributed by atoms with Crippen LogP contribution in [-0.4, -0.2) is 42.0 Å². The lowest BCUT2D eigenvalue weighted by molar-refractivity contribution is 0.313. The van der Waals surface area contributed by atoms with Crippen molar-refractivity contribution in [2.24, 2.45) is 4.99 Å². The molecule has 0 aliphatic carbocycles. The number of rotatable bonds is 10. The zero-order valence-electron chi connectivity index (χ0n) is 14.6. The van der Waals surface area contributed by atoms with Gasteiger partial charge in [-0.1, -0.05) is 0 Å². The van der Waals surface area contributed by atoms with Gasteiger partial charge in [0.25, 0.3) is 0 Å². The molecular weight excluding hydrogens is 321 g/mol. The van der Waals surface area contributed by atoms with Crippen molar-refractivity contribution in [2.75, 3.05) is 26.2 Å². The Labute approximate surface area is 148 Å². The van der Waals surface area contributed by atoms with Crippen molar-refractivity contribution in [3.63, 3.8) is 0 Å². The van der Waals surface area contributed by atoms with Gasteiger partial charge in [0.05, 0.1) is 6.61 Å². The molecule has 0 spiro atoms. The Kier molecular flexibility index (Phi) is 8.31. The fraction of sp³-hybridized carbons (Fsp3) is 0.444. The summed E-state index contributed by atoms with van der Waals surface area (Å²) in [6.45, 7) is 5.78. The highest BCUT2D eigenvalue weighted by molar-refractivity contribution is 5.79. The van der Waals surface area contributed by atoms with Crippen molar-refractivity contribution in [2.45, 2.75) is 26.3 Å². The average molecular weight is 347 g/mol. The molecule has 0 saturated carbocycles. The van der Waals surface area contributed by atoms with E-state index in [-0.39, 0.29) is 5.82 Å². The Morgan fingerprint density at radius 1 is 1.24 bits per heavy atom. The van der Waals surface area contributed by atoms with Crippen molar-refractivity contribution < 1.29 is 9.13 Å². The highest BCUT2D eigenvalue weighted by Crippen LogP contribution is 2.11. The molecule has 7 heteroatoms. The molecule has 0 saturated heterocycles. The highest BCUT2D eigenvalue weighted by Gasteiger charge is 1.98. The summed E-state index contributed by atoms with van der Waals surface area (Å²) in [4.78, 5) is 4.53. The molecule has 2 rings (SSSR count). The maximum atomic E-state index is 12.8. The predicted octanol–water partition coefficient (Wildman–Crippen LogP) is 2.44. The van der Waals surface area contributed by atoms with E-state index < -0.39 is 0 Å². The maximum absolute atomic E-state index is 12.8. The number of aryl methyl sites for hydroxylation is 1. The molecule has 136 valence electrons. The van der Waals surface area contributed by atoms with Crippen LogP contribution in [0, 0.1) is 5.82 Å². The number of guanidine groups is 1. The van der Waals surface area contributed by atoms with Gasteiger partial charge in [-0.05, 0) is 43.7 Å². The fourth-order valence-electron chi connectivity index (χ4n) is 2.20. The molecule has 0 fully saturated rings. The first kappa shape index (κ1) is 18.8. The van der Waals surface area contributed by atoms with Crippen LogP contribution in [0.15, 0.2) is 47.7 Å². The molecule has 0 bridgehead atoms. The van der Waals surface area contributed by atoms with Crippen molar-refractivity contribution in [3.05, 3.63) is 48.5 Å². The van der Waals surface area contributed by atoms with Crippen LogP contribution in [0.4, 0.5) is 4.39 Å². The number of halogens is 1. The van der Waals surface area contributed by atoms with Gasteiger partial charge in [0.2, 0.25) is 0 Å². The molecule has 1 heterocycles. The molecule has 0 aliphatic rings. The number of ether oxygens (including phenoxy) is 1. The maximum Gasteiger partial charge on any atom is 0.191 e. The van der Waals surface area contributed by atoms with Gasteiger partial charge in [0.1, 0.15) is 11.6 Å². The molecule has 0 radical (unpaired) electrons. The average Bonchev–Trinajstić information content (AvgIpc) is 3.13. The molecule has 0 amide bonds. The summed E-state index contributed by atoms with van der Waals surface area (Å²) in [6.07, 6.45) is 5.51. The van der Waals surface area contributed by atoms with Crippen LogP contribution in [0.5, 0.6) is 5.75 Å². The third-order valence-corrected chi connectivity index (χ3v) is 3.41. The van der Waals surface area contributed by atoms with E-state index >= 15 is 0 Å². The molecule has 0 unspecified atom stereocenters. The second-order valence-corrected chi connectivity index (χ2v) is 5.47. The number of nitrogens with one attached hydrogen (secondary N) is 2. The highest BCUT2D eigenvalue weighted by atomic mass is 19.1. The van der Waals surface area contributed by atoms with Gasteiger partial charge in [-0.3, -0.25) is 9.67 Å². The number of nitrogens with zero attached hydrogens (tertiary/aromatic N) is 3. The molecule has 0 aliphatic heterocycles. The van der Waals surface area contributed by atoms with E-state index in [1.165, 1.54) is 12.1 Å². The topological polar surface area (TPSA) is 63.5 Å². The minimum atomic E-state index is -0.258. The smallest absolute Gasteiger partial charge is 0.191 e. The zero-order chi connectivity index (χ0) is 17.7. The van der Waals surface area contributed by atoms with Crippen molar-refractivity contribution in [1.29, 1.82) is 0 Å². The van der Waals surface area contributed by atoms with E-state index in [0.29, 0.717) is 18.9 Å². The number of benzene rings is 1. The summed E-state index contributed by atoms with van der Waals surface area (Å²) in [6, 6.07) is 7.97. The van der Waals surface area contributed by atoms with E-state index in [1.54, 1.807) is 18.3 Å². The van der Waals surface area contributed by atoms with Crippen LogP contribution >= 0.6 is 0 Å². The summed E-state index contributed by atoms with van der Waals surface area (Å²) in [7, 11) is 0. The molecule has 1 aromatic carbocycles. The first-order valence-electron chi connectivity index (χ1n) is 8.66. The van der Waals surface area contributed by atoms with Gasteiger partial charge in [-0.15, -0.1) is 0 Å².